The normalized spacial score (nSPS) is 10.6. The van der Waals surface area contributed by atoms with Crippen molar-refractivity contribution in [1.82, 2.24) is 5.32 Å². The van der Waals surface area contributed by atoms with Gasteiger partial charge < -0.3 is 10.2 Å². The molecular formula is C18H23FN2. The molecule has 2 aromatic rings. The van der Waals surface area contributed by atoms with Crippen molar-refractivity contribution in [3.8, 4) is 0 Å². The van der Waals surface area contributed by atoms with E-state index < -0.39 is 0 Å². The van der Waals surface area contributed by atoms with E-state index in [0.717, 1.165) is 30.9 Å². The van der Waals surface area contributed by atoms with Crippen LogP contribution in [-0.2, 0) is 13.1 Å². The van der Waals surface area contributed by atoms with Crippen LogP contribution >= 0.6 is 0 Å². The average Bonchev–Trinajstić information content (AvgIpc) is 2.52. The van der Waals surface area contributed by atoms with Crippen LogP contribution in [-0.4, -0.2) is 13.1 Å². The van der Waals surface area contributed by atoms with Gasteiger partial charge in [-0.25, -0.2) is 4.39 Å². The first-order valence-corrected chi connectivity index (χ1v) is 7.52. The van der Waals surface area contributed by atoms with Crippen LogP contribution in [0.25, 0.3) is 0 Å². The monoisotopic (exact) mass is 286 g/mol. The van der Waals surface area contributed by atoms with Crippen molar-refractivity contribution in [1.29, 1.82) is 0 Å². The molecule has 0 saturated carbocycles. The summed E-state index contributed by atoms with van der Waals surface area (Å²) >= 11 is 0. The van der Waals surface area contributed by atoms with Crippen LogP contribution in [0.3, 0.4) is 0 Å². The fourth-order valence-electron chi connectivity index (χ4n) is 2.43. The molecule has 0 heterocycles. The lowest BCUT2D eigenvalue weighted by atomic mass is 10.1. The first-order valence-electron chi connectivity index (χ1n) is 7.52. The second-order valence-corrected chi connectivity index (χ2v) is 5.05. The van der Waals surface area contributed by atoms with Crippen molar-refractivity contribution >= 4 is 5.69 Å². The van der Waals surface area contributed by atoms with Gasteiger partial charge in [0.05, 0.1) is 0 Å². The third-order valence-corrected chi connectivity index (χ3v) is 3.55. The Kier molecular flexibility index (Phi) is 5.76. The largest absolute Gasteiger partial charge is 0.367 e. The van der Waals surface area contributed by atoms with Crippen molar-refractivity contribution in [2.45, 2.75) is 26.9 Å². The van der Waals surface area contributed by atoms with Gasteiger partial charge in [0.2, 0.25) is 0 Å². The number of halogens is 1. The summed E-state index contributed by atoms with van der Waals surface area (Å²) in [5.41, 5.74) is 3.37. The lowest BCUT2D eigenvalue weighted by Crippen LogP contribution is -2.24. The molecule has 2 rings (SSSR count). The molecule has 0 radical (unpaired) electrons. The SMILES string of the molecule is CCNCc1cc(F)ccc1N(CC)Cc1ccccc1. The van der Waals surface area contributed by atoms with E-state index in [4.69, 9.17) is 0 Å². The minimum Gasteiger partial charge on any atom is -0.367 e. The molecule has 2 nitrogen and oxygen atoms in total. The summed E-state index contributed by atoms with van der Waals surface area (Å²) in [4.78, 5) is 2.28. The summed E-state index contributed by atoms with van der Waals surface area (Å²) in [5.74, 6) is -0.178. The fraction of sp³-hybridized carbons (Fsp3) is 0.333. The van der Waals surface area contributed by atoms with Crippen LogP contribution in [0.4, 0.5) is 10.1 Å². The number of hydrogen-bond donors (Lipinski definition) is 1. The molecule has 112 valence electrons. The zero-order valence-corrected chi connectivity index (χ0v) is 12.8. The molecule has 21 heavy (non-hydrogen) atoms. The van der Waals surface area contributed by atoms with Crippen LogP contribution in [0.2, 0.25) is 0 Å². The number of nitrogens with one attached hydrogen (secondary N) is 1. The highest BCUT2D eigenvalue weighted by atomic mass is 19.1. The molecule has 0 aliphatic heterocycles. The zero-order valence-electron chi connectivity index (χ0n) is 12.8. The molecule has 0 fully saturated rings. The van der Waals surface area contributed by atoms with Gasteiger partial charge in [-0.3, -0.25) is 0 Å². The molecule has 0 spiro atoms. The summed E-state index contributed by atoms with van der Waals surface area (Å²) in [7, 11) is 0. The Hall–Kier alpha value is -1.87. The maximum Gasteiger partial charge on any atom is 0.123 e. The molecule has 0 saturated heterocycles. The lowest BCUT2D eigenvalue weighted by molar-refractivity contribution is 0.621. The Balaban J connectivity index is 2.24. The number of benzene rings is 2. The molecule has 0 atom stereocenters. The molecule has 0 bridgehead atoms. The first kappa shape index (κ1) is 15.5. The van der Waals surface area contributed by atoms with Gasteiger partial charge in [0, 0.05) is 25.3 Å². The van der Waals surface area contributed by atoms with Gasteiger partial charge in [-0.2, -0.15) is 0 Å². The van der Waals surface area contributed by atoms with Gasteiger partial charge in [0.25, 0.3) is 0 Å². The molecule has 2 aromatic carbocycles. The summed E-state index contributed by atoms with van der Waals surface area (Å²) in [6.45, 7) is 7.47. The van der Waals surface area contributed by atoms with Crippen molar-refractivity contribution in [2.75, 3.05) is 18.0 Å². The quantitative estimate of drug-likeness (QED) is 0.828. The van der Waals surface area contributed by atoms with Crippen LogP contribution in [0, 0.1) is 5.82 Å². The van der Waals surface area contributed by atoms with E-state index in [0.29, 0.717) is 6.54 Å². The Morgan fingerprint density at radius 1 is 1.05 bits per heavy atom. The molecule has 0 aromatic heterocycles. The molecule has 0 aliphatic rings. The van der Waals surface area contributed by atoms with Gasteiger partial charge in [0.15, 0.2) is 0 Å². The highest BCUT2D eigenvalue weighted by Crippen LogP contribution is 2.23. The first-order chi connectivity index (χ1) is 10.2. The third kappa shape index (κ3) is 4.30. The lowest BCUT2D eigenvalue weighted by Gasteiger charge is -2.26. The standard InChI is InChI=1S/C18H23FN2/c1-3-20-13-16-12-17(19)10-11-18(16)21(4-2)14-15-8-6-5-7-9-15/h5-12,20H,3-4,13-14H2,1-2H3. The van der Waals surface area contributed by atoms with Crippen LogP contribution < -0.4 is 10.2 Å². The second-order valence-electron chi connectivity index (χ2n) is 5.05. The smallest absolute Gasteiger partial charge is 0.123 e. The number of nitrogens with zero attached hydrogens (tertiary/aromatic N) is 1. The van der Waals surface area contributed by atoms with Gasteiger partial charge in [-0.1, -0.05) is 37.3 Å². The highest BCUT2D eigenvalue weighted by Gasteiger charge is 2.11. The number of anilines is 1. The molecule has 0 aliphatic carbocycles. The van der Waals surface area contributed by atoms with E-state index in [9.17, 15) is 4.39 Å². The molecule has 3 heteroatoms. The van der Waals surface area contributed by atoms with Gasteiger partial charge in [0.1, 0.15) is 5.82 Å². The zero-order chi connectivity index (χ0) is 15.1. The topological polar surface area (TPSA) is 15.3 Å². The highest BCUT2D eigenvalue weighted by molar-refractivity contribution is 5.54. The predicted octanol–water partition coefficient (Wildman–Crippen LogP) is 3.96. The van der Waals surface area contributed by atoms with Crippen LogP contribution in [0.5, 0.6) is 0 Å². The van der Waals surface area contributed by atoms with Gasteiger partial charge in [-0.05, 0) is 42.8 Å². The number of hydrogen-bond acceptors (Lipinski definition) is 2. The minimum absolute atomic E-state index is 0.178. The van der Waals surface area contributed by atoms with E-state index in [1.807, 2.05) is 24.3 Å². The Morgan fingerprint density at radius 2 is 1.81 bits per heavy atom. The Bertz CT molecular complexity index is 554. The Morgan fingerprint density at radius 3 is 2.48 bits per heavy atom. The van der Waals surface area contributed by atoms with E-state index in [-0.39, 0.29) is 5.82 Å². The van der Waals surface area contributed by atoms with Crippen LogP contribution in [0.15, 0.2) is 48.5 Å². The van der Waals surface area contributed by atoms with Crippen molar-refractivity contribution in [3.05, 3.63) is 65.5 Å². The second kappa shape index (κ2) is 7.79. The van der Waals surface area contributed by atoms with Gasteiger partial charge in [-0.15, -0.1) is 0 Å². The van der Waals surface area contributed by atoms with E-state index in [1.165, 1.54) is 5.56 Å². The van der Waals surface area contributed by atoms with Gasteiger partial charge >= 0.3 is 0 Å². The number of rotatable bonds is 7. The van der Waals surface area contributed by atoms with Crippen molar-refractivity contribution in [3.63, 3.8) is 0 Å². The predicted molar refractivity (Wildman–Crippen MR) is 86.9 cm³/mol. The third-order valence-electron chi connectivity index (χ3n) is 3.55. The summed E-state index contributed by atoms with van der Waals surface area (Å²) in [6, 6.07) is 15.4. The molecule has 0 amide bonds. The maximum atomic E-state index is 13.5. The fourth-order valence-corrected chi connectivity index (χ4v) is 2.43. The van der Waals surface area contributed by atoms with Crippen LogP contribution in [0.1, 0.15) is 25.0 Å². The van der Waals surface area contributed by atoms with E-state index in [1.54, 1.807) is 12.1 Å². The summed E-state index contributed by atoms with van der Waals surface area (Å²) in [6.07, 6.45) is 0. The molecular weight excluding hydrogens is 263 g/mol. The maximum absolute atomic E-state index is 13.5. The summed E-state index contributed by atoms with van der Waals surface area (Å²) < 4.78 is 13.5. The summed E-state index contributed by atoms with van der Waals surface area (Å²) in [5, 5.41) is 3.28. The van der Waals surface area contributed by atoms with Crippen molar-refractivity contribution in [2.24, 2.45) is 0 Å². The van der Waals surface area contributed by atoms with E-state index in [2.05, 4.69) is 36.2 Å². The molecule has 0 unspecified atom stereocenters. The Labute approximate surface area is 126 Å². The average molecular weight is 286 g/mol. The van der Waals surface area contributed by atoms with E-state index >= 15 is 0 Å². The van der Waals surface area contributed by atoms with Crippen molar-refractivity contribution < 1.29 is 4.39 Å². The minimum atomic E-state index is -0.178. The molecule has 1 N–H and O–H groups in total.